The summed E-state index contributed by atoms with van der Waals surface area (Å²) in [6.07, 6.45) is 0.734. The lowest BCUT2D eigenvalue weighted by Crippen LogP contribution is -2.13. The third kappa shape index (κ3) is 2.85. The molecule has 1 amide bonds. The van der Waals surface area contributed by atoms with Crippen LogP contribution in [-0.4, -0.2) is 15.9 Å². The lowest BCUT2D eigenvalue weighted by atomic mass is 10.1. The van der Waals surface area contributed by atoms with Crippen LogP contribution in [0.5, 0.6) is 0 Å². The first kappa shape index (κ1) is 13.5. The molecule has 21 heavy (non-hydrogen) atoms. The monoisotopic (exact) mass is 298 g/mol. The zero-order valence-corrected chi connectivity index (χ0v) is 12.3. The quantitative estimate of drug-likeness (QED) is 0.778. The second-order valence-electron chi connectivity index (χ2n) is 4.61. The van der Waals surface area contributed by atoms with Crippen LogP contribution in [0.1, 0.15) is 23.0 Å². The molecule has 0 saturated carbocycles. The van der Waals surface area contributed by atoms with Gasteiger partial charge in [0.25, 0.3) is 5.91 Å². The number of aryl methyl sites for hydroxylation is 1. The van der Waals surface area contributed by atoms with E-state index >= 15 is 0 Å². The summed E-state index contributed by atoms with van der Waals surface area (Å²) in [5.41, 5.74) is 10.5. The summed E-state index contributed by atoms with van der Waals surface area (Å²) in [7, 11) is 0. The number of nitrogens with one attached hydrogen (secondary N) is 1. The molecule has 0 radical (unpaired) electrons. The number of thiazole rings is 1. The number of rotatable bonds is 3. The molecule has 1 aromatic carbocycles. The molecule has 0 saturated heterocycles. The standard InChI is InChI=1S/C15H14N4OS/c1-2-10-5-9(6-14(16)18-10)15(20)19-11-3-4-12-13(7-11)21-8-17-12/h3-8H,2H2,1H3,(H2,16,18)(H,19,20). The van der Waals surface area contributed by atoms with E-state index in [0.717, 1.165) is 28.0 Å². The maximum Gasteiger partial charge on any atom is 0.255 e. The Bertz CT molecular complexity index is 812. The average molecular weight is 298 g/mol. The van der Waals surface area contributed by atoms with Gasteiger partial charge in [0.1, 0.15) is 5.82 Å². The number of pyridine rings is 1. The number of carbonyl (C=O) groups excluding carboxylic acids is 1. The molecule has 0 unspecified atom stereocenters. The van der Waals surface area contributed by atoms with Crippen molar-refractivity contribution >= 4 is 39.0 Å². The topological polar surface area (TPSA) is 80.9 Å². The van der Waals surface area contributed by atoms with Crippen molar-refractivity contribution in [2.45, 2.75) is 13.3 Å². The van der Waals surface area contributed by atoms with Gasteiger partial charge >= 0.3 is 0 Å². The Labute approximate surface area is 125 Å². The van der Waals surface area contributed by atoms with Crippen molar-refractivity contribution in [3.8, 4) is 0 Å². The van der Waals surface area contributed by atoms with Crippen molar-refractivity contribution in [1.29, 1.82) is 0 Å². The Morgan fingerprint density at radius 1 is 1.33 bits per heavy atom. The molecule has 0 aliphatic heterocycles. The Morgan fingerprint density at radius 3 is 3.00 bits per heavy atom. The van der Waals surface area contributed by atoms with Crippen molar-refractivity contribution < 1.29 is 4.79 Å². The number of fused-ring (bicyclic) bond motifs is 1. The maximum absolute atomic E-state index is 12.3. The molecule has 5 nitrogen and oxygen atoms in total. The largest absolute Gasteiger partial charge is 0.384 e. The minimum atomic E-state index is -0.192. The Balaban J connectivity index is 1.86. The van der Waals surface area contributed by atoms with Crippen LogP contribution < -0.4 is 11.1 Å². The van der Waals surface area contributed by atoms with Crippen molar-refractivity contribution in [3.63, 3.8) is 0 Å². The van der Waals surface area contributed by atoms with E-state index in [-0.39, 0.29) is 5.91 Å². The molecule has 3 rings (SSSR count). The molecule has 2 aromatic heterocycles. The minimum absolute atomic E-state index is 0.192. The van der Waals surface area contributed by atoms with Gasteiger partial charge in [0, 0.05) is 16.9 Å². The van der Waals surface area contributed by atoms with Crippen LogP contribution in [0.2, 0.25) is 0 Å². The number of carbonyl (C=O) groups is 1. The number of hydrogen-bond donors (Lipinski definition) is 2. The Morgan fingerprint density at radius 2 is 2.19 bits per heavy atom. The van der Waals surface area contributed by atoms with Gasteiger partial charge in [-0.25, -0.2) is 9.97 Å². The summed E-state index contributed by atoms with van der Waals surface area (Å²) in [4.78, 5) is 20.7. The van der Waals surface area contributed by atoms with Gasteiger partial charge in [-0.15, -0.1) is 11.3 Å². The number of amides is 1. The van der Waals surface area contributed by atoms with Gasteiger partial charge in [0.2, 0.25) is 0 Å². The number of hydrogen-bond acceptors (Lipinski definition) is 5. The molecule has 3 aromatic rings. The molecule has 0 aliphatic rings. The number of aromatic nitrogens is 2. The normalized spacial score (nSPS) is 10.7. The molecule has 0 spiro atoms. The molecule has 6 heteroatoms. The Kier molecular flexibility index (Phi) is 3.53. The van der Waals surface area contributed by atoms with Crippen LogP contribution in [-0.2, 0) is 6.42 Å². The van der Waals surface area contributed by atoms with E-state index in [0.29, 0.717) is 11.4 Å². The fourth-order valence-electron chi connectivity index (χ4n) is 2.06. The summed E-state index contributed by atoms with van der Waals surface area (Å²) in [6, 6.07) is 8.98. The van der Waals surface area contributed by atoms with Gasteiger partial charge < -0.3 is 11.1 Å². The summed E-state index contributed by atoms with van der Waals surface area (Å²) >= 11 is 1.54. The van der Waals surface area contributed by atoms with Crippen molar-refractivity contribution in [2.24, 2.45) is 0 Å². The highest BCUT2D eigenvalue weighted by Crippen LogP contribution is 2.22. The first-order chi connectivity index (χ1) is 10.2. The van der Waals surface area contributed by atoms with Gasteiger partial charge in [0.05, 0.1) is 15.7 Å². The lowest BCUT2D eigenvalue weighted by Gasteiger charge is -2.07. The highest BCUT2D eigenvalue weighted by molar-refractivity contribution is 7.16. The zero-order valence-electron chi connectivity index (χ0n) is 11.5. The highest BCUT2D eigenvalue weighted by Gasteiger charge is 2.09. The van der Waals surface area contributed by atoms with Crippen LogP contribution in [0.25, 0.3) is 10.2 Å². The van der Waals surface area contributed by atoms with Crippen LogP contribution in [0.4, 0.5) is 11.5 Å². The third-order valence-corrected chi connectivity index (χ3v) is 3.90. The number of anilines is 2. The SMILES string of the molecule is CCc1cc(C(=O)Nc2ccc3ncsc3c2)cc(N)n1. The van der Waals surface area contributed by atoms with Crippen LogP contribution >= 0.6 is 11.3 Å². The first-order valence-corrected chi connectivity index (χ1v) is 7.44. The van der Waals surface area contributed by atoms with E-state index in [1.54, 1.807) is 29.0 Å². The summed E-state index contributed by atoms with van der Waals surface area (Å²) < 4.78 is 1.04. The second-order valence-corrected chi connectivity index (χ2v) is 5.50. The van der Waals surface area contributed by atoms with Crippen LogP contribution in [0.3, 0.4) is 0 Å². The highest BCUT2D eigenvalue weighted by atomic mass is 32.1. The molecular formula is C15H14N4OS. The number of nitrogens with zero attached hydrogens (tertiary/aromatic N) is 2. The average Bonchev–Trinajstić information content (AvgIpc) is 2.94. The number of nitrogens with two attached hydrogens (primary N) is 1. The van der Waals surface area contributed by atoms with Gasteiger partial charge in [-0.2, -0.15) is 0 Å². The lowest BCUT2D eigenvalue weighted by molar-refractivity contribution is 0.102. The second kappa shape index (κ2) is 5.49. The fraction of sp³-hybridized carbons (Fsp3) is 0.133. The van der Waals surface area contributed by atoms with E-state index in [2.05, 4.69) is 15.3 Å². The summed E-state index contributed by atoms with van der Waals surface area (Å²) in [5, 5.41) is 2.88. The van der Waals surface area contributed by atoms with Gasteiger partial charge in [-0.3, -0.25) is 4.79 Å². The fourth-order valence-corrected chi connectivity index (χ4v) is 2.78. The molecule has 0 fully saturated rings. The first-order valence-electron chi connectivity index (χ1n) is 6.57. The van der Waals surface area contributed by atoms with E-state index in [9.17, 15) is 4.79 Å². The van der Waals surface area contributed by atoms with E-state index in [1.165, 1.54) is 0 Å². The third-order valence-electron chi connectivity index (χ3n) is 3.11. The molecule has 0 bridgehead atoms. The van der Waals surface area contributed by atoms with E-state index in [4.69, 9.17) is 5.73 Å². The molecule has 106 valence electrons. The zero-order chi connectivity index (χ0) is 14.8. The van der Waals surface area contributed by atoms with Gasteiger partial charge in [-0.1, -0.05) is 6.92 Å². The van der Waals surface area contributed by atoms with Crippen molar-refractivity contribution in [3.05, 3.63) is 47.1 Å². The van der Waals surface area contributed by atoms with Crippen molar-refractivity contribution in [1.82, 2.24) is 9.97 Å². The maximum atomic E-state index is 12.3. The smallest absolute Gasteiger partial charge is 0.255 e. The minimum Gasteiger partial charge on any atom is -0.384 e. The predicted octanol–water partition coefficient (Wildman–Crippen LogP) is 3.09. The van der Waals surface area contributed by atoms with E-state index < -0.39 is 0 Å². The molecular weight excluding hydrogens is 284 g/mol. The predicted molar refractivity (Wildman–Crippen MR) is 85.6 cm³/mol. The van der Waals surface area contributed by atoms with Gasteiger partial charge in [-0.05, 0) is 36.8 Å². The van der Waals surface area contributed by atoms with Crippen molar-refractivity contribution in [2.75, 3.05) is 11.1 Å². The number of nitrogen functional groups attached to an aromatic ring is 1. The molecule has 0 atom stereocenters. The molecule has 2 heterocycles. The van der Waals surface area contributed by atoms with Crippen LogP contribution in [0, 0.1) is 0 Å². The van der Waals surface area contributed by atoms with Crippen LogP contribution in [0.15, 0.2) is 35.8 Å². The summed E-state index contributed by atoms with van der Waals surface area (Å²) in [5.74, 6) is 0.167. The number of benzene rings is 1. The van der Waals surface area contributed by atoms with E-state index in [1.807, 2.05) is 25.1 Å². The molecule has 3 N–H and O–H groups in total. The Hall–Kier alpha value is -2.47. The summed E-state index contributed by atoms with van der Waals surface area (Å²) in [6.45, 7) is 1.97. The van der Waals surface area contributed by atoms with Gasteiger partial charge in [0.15, 0.2) is 0 Å². The molecule has 0 aliphatic carbocycles.